The van der Waals surface area contributed by atoms with E-state index in [2.05, 4.69) is 5.32 Å². The molecule has 2 atom stereocenters. The van der Waals surface area contributed by atoms with Crippen LogP contribution in [0.5, 0.6) is 5.75 Å². The number of nitrogens with one attached hydrogen (secondary N) is 1. The first-order valence-corrected chi connectivity index (χ1v) is 15.8. The number of rotatable bonds is 15. The van der Waals surface area contributed by atoms with E-state index in [0.717, 1.165) is 12.7 Å². The van der Waals surface area contributed by atoms with Crippen LogP contribution in [0.15, 0.2) is 42.5 Å². The third-order valence-electron chi connectivity index (χ3n) is 6.33. The fraction of sp³-hybridized carbons (Fsp3) is 0.500. The molecule has 8 nitrogen and oxygen atoms in total. The minimum absolute atomic E-state index is 0.0289. The fourth-order valence-corrected chi connectivity index (χ4v) is 5.55. The predicted molar refractivity (Wildman–Crippen MR) is 158 cm³/mol. The van der Waals surface area contributed by atoms with Crippen molar-refractivity contribution in [1.82, 2.24) is 10.2 Å². The molecule has 0 bridgehead atoms. The molecule has 0 aromatic heterocycles. The van der Waals surface area contributed by atoms with Gasteiger partial charge in [-0.3, -0.25) is 13.9 Å². The molecule has 2 unspecified atom stereocenters. The number of carbonyl (C=O) groups is 2. The molecule has 2 aromatic rings. The number of nitrogens with zero attached hydrogens (tertiary/aromatic N) is 2. The zero-order chi connectivity index (χ0) is 29.2. The molecule has 0 aliphatic rings. The van der Waals surface area contributed by atoms with E-state index in [1.54, 1.807) is 42.5 Å². The first kappa shape index (κ1) is 32.7. The summed E-state index contributed by atoms with van der Waals surface area (Å²) in [6.45, 7) is 8.12. The predicted octanol–water partition coefficient (Wildman–Crippen LogP) is 5.66. The minimum atomic E-state index is -3.65. The van der Waals surface area contributed by atoms with Gasteiger partial charge in [0.2, 0.25) is 21.8 Å². The summed E-state index contributed by atoms with van der Waals surface area (Å²) in [6, 6.07) is 11.1. The van der Waals surface area contributed by atoms with Crippen LogP contribution < -0.4 is 14.4 Å². The third kappa shape index (κ3) is 9.58. The molecule has 0 aliphatic heterocycles. The average molecular weight is 601 g/mol. The molecule has 2 amide bonds. The zero-order valence-corrected chi connectivity index (χ0v) is 25.6. The molecule has 0 radical (unpaired) electrons. The Morgan fingerprint density at radius 3 is 2.33 bits per heavy atom. The number of halogens is 2. The first-order valence-electron chi connectivity index (χ1n) is 13.2. The maximum atomic E-state index is 13.6. The lowest BCUT2D eigenvalue weighted by Crippen LogP contribution is -2.50. The number of sulfonamides is 1. The van der Waals surface area contributed by atoms with Gasteiger partial charge >= 0.3 is 0 Å². The summed E-state index contributed by atoms with van der Waals surface area (Å²) < 4.78 is 32.2. The molecule has 0 aliphatic carbocycles. The van der Waals surface area contributed by atoms with Gasteiger partial charge in [-0.25, -0.2) is 8.42 Å². The lowest BCUT2D eigenvalue weighted by atomic mass is 10.1. The Balaban J connectivity index is 2.30. The number of para-hydroxylation sites is 2. The maximum Gasteiger partial charge on any atom is 0.243 e. The van der Waals surface area contributed by atoms with Crippen LogP contribution in [0.25, 0.3) is 0 Å². The largest absolute Gasteiger partial charge is 0.492 e. The number of hydrogen-bond acceptors (Lipinski definition) is 5. The average Bonchev–Trinajstić information content (AvgIpc) is 2.87. The zero-order valence-electron chi connectivity index (χ0n) is 23.2. The highest BCUT2D eigenvalue weighted by Gasteiger charge is 2.30. The second-order valence-corrected chi connectivity index (χ2v) is 12.1. The molecular weight excluding hydrogens is 561 g/mol. The summed E-state index contributed by atoms with van der Waals surface area (Å²) in [5.41, 5.74) is 1.08. The number of anilines is 1. The SMILES string of the molecule is CCOc1ccccc1N(CCCC(=O)N(Cc1ccc(Cl)cc1Cl)C(CC)C(=O)NC(C)CC)S(C)(=O)=O. The van der Waals surface area contributed by atoms with Crippen LogP contribution in [-0.2, 0) is 26.2 Å². The normalized spacial score (nSPS) is 12.9. The summed E-state index contributed by atoms with van der Waals surface area (Å²) >= 11 is 12.5. The van der Waals surface area contributed by atoms with Crippen molar-refractivity contribution in [2.75, 3.05) is 23.7 Å². The van der Waals surface area contributed by atoms with Gasteiger partial charge < -0.3 is 15.0 Å². The van der Waals surface area contributed by atoms with Crippen molar-refractivity contribution in [3.05, 3.63) is 58.1 Å². The lowest BCUT2D eigenvalue weighted by molar-refractivity contribution is -0.141. The van der Waals surface area contributed by atoms with Gasteiger partial charge in [0.15, 0.2) is 0 Å². The molecule has 0 saturated carbocycles. The van der Waals surface area contributed by atoms with E-state index in [9.17, 15) is 18.0 Å². The maximum absolute atomic E-state index is 13.6. The second-order valence-electron chi connectivity index (χ2n) is 9.34. The lowest BCUT2D eigenvalue weighted by Gasteiger charge is -2.32. The van der Waals surface area contributed by atoms with Crippen molar-refractivity contribution in [1.29, 1.82) is 0 Å². The molecular formula is C28H39Cl2N3O5S. The summed E-state index contributed by atoms with van der Waals surface area (Å²) in [5, 5.41) is 3.84. The van der Waals surface area contributed by atoms with Gasteiger partial charge in [-0.2, -0.15) is 0 Å². The standard InChI is InChI=1S/C28H39Cl2N3O5S/c1-6-20(4)31-28(35)24(7-2)32(19-21-15-16-22(29)18-23(21)30)27(34)14-11-17-33(39(5,36)37)25-12-9-10-13-26(25)38-8-3/h9-10,12-13,15-16,18,20,24H,6-8,11,14,17,19H2,1-5H3,(H,31,35). The van der Waals surface area contributed by atoms with E-state index in [0.29, 0.717) is 40.1 Å². The first-order chi connectivity index (χ1) is 18.4. The van der Waals surface area contributed by atoms with Gasteiger partial charge in [0.05, 0.1) is 18.6 Å². The van der Waals surface area contributed by atoms with Gasteiger partial charge in [-0.05, 0) is 62.9 Å². The van der Waals surface area contributed by atoms with Crippen LogP contribution in [0.3, 0.4) is 0 Å². The van der Waals surface area contributed by atoms with E-state index >= 15 is 0 Å². The van der Waals surface area contributed by atoms with Crippen LogP contribution in [0, 0.1) is 0 Å². The monoisotopic (exact) mass is 599 g/mol. The van der Waals surface area contributed by atoms with Crippen LogP contribution in [-0.4, -0.2) is 56.6 Å². The molecule has 2 rings (SSSR count). The van der Waals surface area contributed by atoms with Crippen LogP contribution in [0.4, 0.5) is 5.69 Å². The Kier molecular flexibility index (Phi) is 12.9. The van der Waals surface area contributed by atoms with E-state index < -0.39 is 16.1 Å². The number of hydrogen-bond donors (Lipinski definition) is 1. The molecule has 1 N–H and O–H groups in total. The highest BCUT2D eigenvalue weighted by atomic mass is 35.5. The highest BCUT2D eigenvalue weighted by molar-refractivity contribution is 7.92. The number of ether oxygens (including phenoxy) is 1. The van der Waals surface area contributed by atoms with Crippen LogP contribution in [0.1, 0.15) is 58.9 Å². The van der Waals surface area contributed by atoms with Gasteiger partial charge in [0.25, 0.3) is 0 Å². The minimum Gasteiger partial charge on any atom is -0.492 e. The Hall–Kier alpha value is -2.49. The van der Waals surface area contributed by atoms with Gasteiger partial charge in [0, 0.05) is 35.6 Å². The summed E-state index contributed by atoms with van der Waals surface area (Å²) in [4.78, 5) is 28.3. The molecule has 0 fully saturated rings. The quantitative estimate of drug-likeness (QED) is 0.285. The Morgan fingerprint density at radius 1 is 1.05 bits per heavy atom. The Labute approximate surface area is 242 Å². The molecule has 2 aromatic carbocycles. The van der Waals surface area contributed by atoms with Crippen molar-refractivity contribution in [3.63, 3.8) is 0 Å². The van der Waals surface area contributed by atoms with Crippen molar-refractivity contribution in [2.24, 2.45) is 0 Å². The molecule has 11 heteroatoms. The smallest absolute Gasteiger partial charge is 0.243 e. The van der Waals surface area contributed by atoms with Crippen LogP contribution >= 0.6 is 23.2 Å². The highest BCUT2D eigenvalue weighted by Crippen LogP contribution is 2.30. The van der Waals surface area contributed by atoms with E-state index in [1.807, 2.05) is 27.7 Å². The van der Waals surface area contributed by atoms with Crippen LogP contribution in [0.2, 0.25) is 10.0 Å². The molecule has 39 heavy (non-hydrogen) atoms. The molecule has 216 valence electrons. The van der Waals surface area contributed by atoms with Crippen molar-refractivity contribution in [3.8, 4) is 5.75 Å². The van der Waals surface area contributed by atoms with Gasteiger partial charge in [0.1, 0.15) is 11.8 Å². The van der Waals surface area contributed by atoms with Crippen molar-refractivity contribution >= 4 is 50.7 Å². The van der Waals surface area contributed by atoms with E-state index in [-0.39, 0.29) is 43.8 Å². The Morgan fingerprint density at radius 2 is 1.74 bits per heavy atom. The third-order valence-corrected chi connectivity index (χ3v) is 8.10. The number of carbonyl (C=O) groups excluding carboxylic acids is 2. The van der Waals surface area contributed by atoms with E-state index in [1.165, 1.54) is 9.21 Å². The topological polar surface area (TPSA) is 96.0 Å². The number of amides is 2. The number of benzene rings is 2. The summed E-state index contributed by atoms with van der Waals surface area (Å²) in [6.07, 6.45) is 2.54. The molecule has 0 spiro atoms. The fourth-order valence-electron chi connectivity index (χ4n) is 4.12. The van der Waals surface area contributed by atoms with Gasteiger partial charge in [-0.15, -0.1) is 0 Å². The summed E-state index contributed by atoms with van der Waals surface area (Å²) in [7, 11) is -3.65. The molecule has 0 heterocycles. The summed E-state index contributed by atoms with van der Waals surface area (Å²) in [5.74, 6) is -0.0732. The van der Waals surface area contributed by atoms with Crippen molar-refractivity contribution < 1.29 is 22.7 Å². The second kappa shape index (κ2) is 15.3. The van der Waals surface area contributed by atoms with Crippen molar-refractivity contribution in [2.45, 2.75) is 72.0 Å². The van der Waals surface area contributed by atoms with Gasteiger partial charge in [-0.1, -0.05) is 55.2 Å². The molecule has 0 saturated heterocycles. The van der Waals surface area contributed by atoms with E-state index in [4.69, 9.17) is 27.9 Å². The Bertz CT molecular complexity index is 1230.